The van der Waals surface area contributed by atoms with E-state index in [0.29, 0.717) is 46.6 Å². The minimum absolute atomic E-state index is 0.568. The predicted molar refractivity (Wildman–Crippen MR) is 452 cm³/mol. The number of rotatable bonds is 15. The van der Waals surface area contributed by atoms with Gasteiger partial charge in [-0.2, -0.15) is 0 Å². The largest absolute Gasteiger partial charge is 0.228 e. The molecule has 20 rings (SSSR count). The summed E-state index contributed by atoms with van der Waals surface area (Å²) in [4.78, 5) is 52.4. The maximum atomic E-state index is 5.47. The van der Waals surface area contributed by atoms with Crippen LogP contribution in [0.4, 0.5) is 0 Å². The quantitative estimate of drug-likeness (QED) is 0.0978. The summed E-state index contributed by atoms with van der Waals surface area (Å²) in [6.45, 7) is 0. The maximum Gasteiger partial charge on any atom is 0.164 e. The van der Waals surface area contributed by atoms with Gasteiger partial charge >= 0.3 is 0 Å². The smallest absolute Gasteiger partial charge is 0.164 e. The van der Waals surface area contributed by atoms with Gasteiger partial charge in [0, 0.05) is 107 Å². The Bertz CT molecular complexity index is 6760. The minimum atomic E-state index is 0.568. The zero-order valence-corrected chi connectivity index (χ0v) is 60.6. The van der Waals surface area contributed by atoms with E-state index in [-0.39, 0.29) is 0 Å². The third-order valence-electron chi connectivity index (χ3n) is 20.0. The van der Waals surface area contributed by atoms with Crippen molar-refractivity contribution in [3.05, 3.63) is 364 Å². The van der Waals surface area contributed by atoms with Gasteiger partial charge in [-0.15, -0.1) is 22.7 Å². The molecule has 0 aliphatic carbocycles. The first-order valence-corrected chi connectivity index (χ1v) is 38.0. The molecule has 0 fully saturated rings. The highest BCUT2D eigenvalue weighted by Crippen LogP contribution is 2.47. The van der Waals surface area contributed by atoms with E-state index in [2.05, 4.69) is 218 Å². The van der Waals surface area contributed by atoms with Crippen molar-refractivity contribution in [3.8, 4) is 170 Å². The van der Waals surface area contributed by atoms with E-state index in [1.54, 1.807) is 11.3 Å². The molecule has 14 aromatic carbocycles. The van der Waals surface area contributed by atoms with Gasteiger partial charge in [-0.1, -0.05) is 297 Å². The Morgan fingerprint density at radius 1 is 0.145 bits per heavy atom. The van der Waals surface area contributed by atoms with Gasteiger partial charge in [-0.05, 0) is 100 Å². The highest BCUT2D eigenvalue weighted by atomic mass is 32.1. The zero-order valence-electron chi connectivity index (χ0n) is 58.9. The summed E-state index contributed by atoms with van der Waals surface area (Å²) in [6.07, 6.45) is 0. The number of thiophene rings is 2. The lowest BCUT2D eigenvalue weighted by Gasteiger charge is -2.14. The van der Waals surface area contributed by atoms with E-state index >= 15 is 0 Å². The molecule has 0 amide bonds. The second kappa shape index (κ2) is 28.2. The van der Waals surface area contributed by atoms with Gasteiger partial charge in [-0.3, -0.25) is 0 Å². The molecule has 0 unspecified atom stereocenters. The van der Waals surface area contributed by atoms with Crippen molar-refractivity contribution in [2.75, 3.05) is 0 Å². The highest BCUT2D eigenvalue weighted by molar-refractivity contribution is 7.26. The van der Waals surface area contributed by atoms with Crippen LogP contribution in [0.1, 0.15) is 0 Å². The number of hydrogen-bond acceptors (Lipinski definition) is 12. The highest BCUT2D eigenvalue weighted by Gasteiger charge is 2.23. The molecule has 20 aromatic rings. The van der Waals surface area contributed by atoms with Crippen LogP contribution < -0.4 is 0 Å². The van der Waals surface area contributed by atoms with Crippen molar-refractivity contribution in [1.82, 2.24) is 49.8 Å². The molecule has 110 heavy (non-hydrogen) atoms. The lowest BCUT2D eigenvalue weighted by atomic mass is 9.93. The van der Waals surface area contributed by atoms with Crippen molar-refractivity contribution in [3.63, 3.8) is 0 Å². The lowest BCUT2D eigenvalue weighted by Crippen LogP contribution is -2.01. The normalized spacial score (nSPS) is 11.5. The van der Waals surface area contributed by atoms with Gasteiger partial charge in [-0.25, -0.2) is 49.8 Å². The van der Waals surface area contributed by atoms with Crippen LogP contribution in [0.25, 0.3) is 210 Å². The number of nitrogens with zero attached hydrogens (tertiary/aromatic N) is 10. The Morgan fingerprint density at radius 3 is 0.927 bits per heavy atom. The molecule has 0 spiro atoms. The van der Waals surface area contributed by atoms with Gasteiger partial charge in [0.25, 0.3) is 0 Å². The monoisotopic (exact) mass is 1440 g/mol. The van der Waals surface area contributed by atoms with Crippen LogP contribution in [0.2, 0.25) is 0 Å². The van der Waals surface area contributed by atoms with Gasteiger partial charge in [0.15, 0.2) is 46.6 Å². The molecule has 0 saturated carbocycles. The fourth-order valence-corrected chi connectivity index (χ4v) is 16.9. The van der Waals surface area contributed by atoms with Gasteiger partial charge < -0.3 is 0 Å². The summed E-state index contributed by atoms with van der Waals surface area (Å²) >= 11 is 3.56. The molecule has 12 heteroatoms. The Hall–Kier alpha value is -14.3. The summed E-state index contributed by atoms with van der Waals surface area (Å²) in [7, 11) is 0. The molecule has 0 aliphatic rings. The fourth-order valence-electron chi connectivity index (χ4n) is 14.6. The first-order valence-electron chi connectivity index (χ1n) is 36.4. The Morgan fingerprint density at radius 2 is 0.436 bits per heavy atom. The number of hydrogen-bond donors (Lipinski definition) is 0. The fraction of sp³-hybridized carbons (Fsp3) is 0. The maximum absolute atomic E-state index is 5.47. The third kappa shape index (κ3) is 12.7. The Balaban J connectivity index is 0.658. The molecule has 10 nitrogen and oxygen atoms in total. The van der Waals surface area contributed by atoms with E-state index in [0.717, 1.165) is 138 Å². The van der Waals surface area contributed by atoms with Crippen LogP contribution in [-0.4, -0.2) is 49.8 Å². The standard InChI is InChI=1S/C98H60N10S2/c1-7-26-62(27-8-1)81-59-82(100-96(99-81)73-42-24-39-70(53-73)75-55-79(89-77-44-19-21-46-85(77)109-87(89)57-75)71-40-25-43-74(54-71)97-105-92(65-30-11-3-12-31-65)103-93(106-97)66-32-13-4-14-33-66)63-50-48-61(49-51-63)69-38-23-41-72(52-69)83-60-84(102-91(101-83)64-28-9-2-10-29-64)80-56-76(58-88-90(80)78-45-20-22-47-86(78)110-88)98-107-94(67-34-15-5-16-35-67)104-95(108-98)68-36-17-6-18-37-68/h1-60H. The SMILES string of the molecule is c1ccc(-c2cc(-c3ccc(-c4cccc(-c5cc(-c6cc(-c7nc(-c8ccccc8)nc(-c8ccccc8)n7)cc7sc8ccccc8c67)nc(-c6ccccc6)n5)c4)cc3)nc(-c3cccc(-c4cc(-c5cccc(-c6nc(-c7ccccc7)nc(-c7ccccc7)n6)c5)c5c(c4)sc4ccccc45)c3)n2)cc1. The van der Waals surface area contributed by atoms with Crippen molar-refractivity contribution < 1.29 is 0 Å². The zero-order chi connectivity index (χ0) is 72.9. The average molecular weight is 1440 g/mol. The number of aromatic nitrogens is 10. The van der Waals surface area contributed by atoms with E-state index < -0.39 is 0 Å². The summed E-state index contributed by atoms with van der Waals surface area (Å²) in [5.41, 5.74) is 20.6. The van der Waals surface area contributed by atoms with Crippen LogP contribution in [0, 0.1) is 0 Å². The lowest BCUT2D eigenvalue weighted by molar-refractivity contribution is 1.07. The molecule has 0 aliphatic heterocycles. The molecule has 0 bridgehead atoms. The number of benzene rings is 14. The molecule has 0 radical (unpaired) electrons. The van der Waals surface area contributed by atoms with Crippen LogP contribution >= 0.6 is 22.7 Å². The van der Waals surface area contributed by atoms with Crippen molar-refractivity contribution in [1.29, 1.82) is 0 Å². The molecule has 514 valence electrons. The molecular weight excluding hydrogens is 1380 g/mol. The summed E-state index contributed by atoms with van der Waals surface area (Å²) in [5, 5.41) is 4.67. The Labute approximate surface area is 641 Å². The van der Waals surface area contributed by atoms with Gasteiger partial charge in [0.1, 0.15) is 0 Å². The van der Waals surface area contributed by atoms with E-state index in [4.69, 9.17) is 49.8 Å². The molecule has 0 N–H and O–H groups in total. The molecule has 0 atom stereocenters. The topological polar surface area (TPSA) is 129 Å². The van der Waals surface area contributed by atoms with E-state index in [1.807, 2.05) is 157 Å². The molecule has 6 aromatic heterocycles. The minimum Gasteiger partial charge on any atom is -0.228 e. The number of fused-ring (bicyclic) bond motifs is 6. The summed E-state index contributed by atoms with van der Waals surface area (Å²) in [6, 6.07) is 126. The van der Waals surface area contributed by atoms with Gasteiger partial charge in [0.05, 0.1) is 22.8 Å². The molecule has 6 heterocycles. The van der Waals surface area contributed by atoms with Crippen LogP contribution in [0.5, 0.6) is 0 Å². The first-order chi connectivity index (χ1) is 54.4. The van der Waals surface area contributed by atoms with Crippen molar-refractivity contribution in [2.24, 2.45) is 0 Å². The van der Waals surface area contributed by atoms with Crippen LogP contribution in [0.15, 0.2) is 364 Å². The second-order valence-corrected chi connectivity index (χ2v) is 29.2. The Kier molecular flexibility index (Phi) is 16.7. The third-order valence-corrected chi connectivity index (χ3v) is 22.2. The van der Waals surface area contributed by atoms with Gasteiger partial charge in [0.2, 0.25) is 0 Å². The first kappa shape index (κ1) is 65.2. The van der Waals surface area contributed by atoms with Crippen molar-refractivity contribution in [2.45, 2.75) is 0 Å². The second-order valence-electron chi connectivity index (χ2n) is 27.0. The van der Waals surface area contributed by atoms with E-state index in [1.165, 1.54) is 24.9 Å². The van der Waals surface area contributed by atoms with Crippen LogP contribution in [0.3, 0.4) is 0 Å². The van der Waals surface area contributed by atoms with Crippen LogP contribution in [-0.2, 0) is 0 Å². The average Bonchev–Trinajstić information content (AvgIpc) is 1.55. The predicted octanol–water partition coefficient (Wildman–Crippen LogP) is 25.4. The molecular formula is C98H60N10S2. The van der Waals surface area contributed by atoms with E-state index in [9.17, 15) is 0 Å². The summed E-state index contributed by atoms with van der Waals surface area (Å²) < 4.78 is 4.68. The molecule has 0 saturated heterocycles. The summed E-state index contributed by atoms with van der Waals surface area (Å²) in [5.74, 6) is 4.83. The van der Waals surface area contributed by atoms with Crippen molar-refractivity contribution >= 4 is 63.0 Å².